The fourth-order valence-corrected chi connectivity index (χ4v) is 1.17. The van der Waals surface area contributed by atoms with Crippen LogP contribution in [-0.4, -0.2) is 55.2 Å². The molecular formula is C12H13F6N5O6S2. The average Bonchev–Trinajstić information content (AvgIpc) is 3.11. The molecule has 0 radical (unpaired) electrons. The number of halogens is 6. The van der Waals surface area contributed by atoms with Crippen molar-refractivity contribution in [3.05, 3.63) is 42.6 Å². The van der Waals surface area contributed by atoms with E-state index in [1.54, 1.807) is 11.2 Å². The molecule has 0 aliphatic heterocycles. The number of hydrazone groups is 1. The van der Waals surface area contributed by atoms with Crippen LogP contribution in [0.4, 0.5) is 32.2 Å². The third-order valence-corrected chi connectivity index (χ3v) is 3.66. The maximum atomic E-state index is 10.7. The number of aromatic amines is 3. The molecule has 3 N–H and O–H groups in total. The van der Waals surface area contributed by atoms with Crippen molar-refractivity contribution in [3.63, 3.8) is 0 Å². The van der Waals surface area contributed by atoms with Crippen LogP contribution >= 0.6 is 0 Å². The van der Waals surface area contributed by atoms with E-state index in [-0.39, 0.29) is 0 Å². The Kier molecular flexibility index (Phi) is 10.0. The van der Waals surface area contributed by atoms with Crippen molar-refractivity contribution >= 4 is 32.3 Å². The van der Waals surface area contributed by atoms with Crippen molar-refractivity contribution < 1.29 is 62.3 Å². The lowest BCUT2D eigenvalue weighted by Crippen LogP contribution is -2.21. The average molecular weight is 501 g/mol. The van der Waals surface area contributed by atoms with Crippen LogP contribution in [0.15, 0.2) is 41.9 Å². The van der Waals surface area contributed by atoms with Gasteiger partial charge in [0.05, 0.1) is 6.20 Å². The first-order chi connectivity index (χ1) is 13.9. The summed E-state index contributed by atoms with van der Waals surface area (Å²) < 4.78 is 118. The fourth-order valence-electron chi connectivity index (χ4n) is 1.17. The van der Waals surface area contributed by atoms with Crippen LogP contribution in [0.2, 0.25) is 0 Å². The molecule has 0 aromatic carbocycles. The second-order valence-corrected chi connectivity index (χ2v) is 7.59. The Morgan fingerprint density at radius 1 is 0.968 bits per heavy atom. The molecule has 0 bridgehead atoms. The number of hydrogen-bond donors (Lipinski definition) is 1. The standard InChI is InChI=1S/C10H11N5.2CHF3O3S/c1-15(10-4-2-3-5-13-10)14-8-9-11-6-7-12-9;2*2-1(3,4)8(5,6)7/h2-8H,1H3,(H,11,12);2*(H,5,6,7)/b14-8+;;. The van der Waals surface area contributed by atoms with E-state index >= 15 is 0 Å². The first-order valence-electron chi connectivity index (χ1n) is 7.20. The fraction of sp³-hybridized carbons (Fsp3) is 0.250. The highest BCUT2D eigenvalue weighted by Crippen LogP contribution is 2.21. The summed E-state index contributed by atoms with van der Waals surface area (Å²) in [4.78, 5) is 9.09. The molecule has 0 unspecified atom stereocenters. The van der Waals surface area contributed by atoms with Crippen LogP contribution in [0, 0.1) is 0 Å². The molecule has 2 aromatic heterocycles. The molecule has 31 heavy (non-hydrogen) atoms. The highest BCUT2D eigenvalue weighted by atomic mass is 32.2. The van der Waals surface area contributed by atoms with Crippen molar-refractivity contribution in [1.82, 2.24) is 4.98 Å². The number of rotatable bonds is 3. The molecule has 0 saturated carbocycles. The maximum Gasteiger partial charge on any atom is 0.485 e. The zero-order chi connectivity index (χ0) is 24.5. The molecule has 2 heterocycles. The van der Waals surface area contributed by atoms with Gasteiger partial charge in [-0.1, -0.05) is 11.2 Å². The molecule has 0 saturated heterocycles. The molecule has 0 amide bonds. The van der Waals surface area contributed by atoms with Crippen LogP contribution in [-0.2, 0) is 20.2 Å². The quantitative estimate of drug-likeness (QED) is 0.206. The van der Waals surface area contributed by atoms with Crippen LogP contribution in [0.3, 0.4) is 0 Å². The molecule has 0 atom stereocenters. The van der Waals surface area contributed by atoms with E-state index in [0.29, 0.717) is 0 Å². The number of hydrogen-bond acceptors (Lipinski definition) is 8. The van der Waals surface area contributed by atoms with Crippen molar-refractivity contribution in [3.8, 4) is 0 Å². The normalized spacial score (nSPS) is 12.4. The summed E-state index contributed by atoms with van der Waals surface area (Å²) in [6.45, 7) is 0. The molecule has 176 valence electrons. The molecule has 0 spiro atoms. The molecule has 11 nitrogen and oxygen atoms in total. The minimum atomic E-state index is -6.09. The van der Waals surface area contributed by atoms with Crippen molar-refractivity contribution in [2.45, 2.75) is 11.0 Å². The van der Waals surface area contributed by atoms with Gasteiger partial charge in [-0.3, -0.25) is 0 Å². The number of nitrogens with zero attached hydrogens (tertiary/aromatic N) is 2. The van der Waals surface area contributed by atoms with Gasteiger partial charge in [0, 0.05) is 6.07 Å². The van der Waals surface area contributed by atoms with E-state index in [2.05, 4.69) is 20.1 Å². The summed E-state index contributed by atoms with van der Waals surface area (Å²) in [5.74, 6) is 1.79. The molecule has 0 fully saturated rings. The van der Waals surface area contributed by atoms with Crippen molar-refractivity contribution in [2.75, 3.05) is 12.1 Å². The smallest absolute Gasteiger partial charge is 0.485 e. The minimum Gasteiger partial charge on any atom is -0.741 e. The predicted molar refractivity (Wildman–Crippen MR) is 87.8 cm³/mol. The number of H-pyrrole nitrogens is 3. The monoisotopic (exact) mass is 501 g/mol. The van der Waals surface area contributed by atoms with Gasteiger partial charge in [0.25, 0.3) is 11.6 Å². The number of imidazole rings is 1. The van der Waals surface area contributed by atoms with Gasteiger partial charge in [0.15, 0.2) is 26.5 Å². The van der Waals surface area contributed by atoms with Crippen LogP contribution in [0.25, 0.3) is 0 Å². The number of pyridine rings is 1. The van der Waals surface area contributed by atoms with Gasteiger partial charge in [0.1, 0.15) is 19.4 Å². The van der Waals surface area contributed by atoms with Gasteiger partial charge in [-0.25, -0.2) is 31.8 Å². The van der Waals surface area contributed by atoms with E-state index in [4.69, 9.17) is 25.9 Å². The van der Waals surface area contributed by atoms with Crippen LogP contribution < -0.4 is 15.0 Å². The summed E-state index contributed by atoms with van der Waals surface area (Å²) in [5, 5.41) is 6.01. The van der Waals surface area contributed by atoms with Gasteiger partial charge in [-0.2, -0.15) is 26.3 Å². The van der Waals surface area contributed by atoms with Crippen LogP contribution in [0.5, 0.6) is 0 Å². The lowest BCUT2D eigenvalue weighted by Gasteiger charge is -2.08. The third-order valence-electron chi connectivity index (χ3n) is 2.53. The van der Waals surface area contributed by atoms with E-state index in [0.717, 1.165) is 11.6 Å². The van der Waals surface area contributed by atoms with E-state index < -0.39 is 31.3 Å². The molecule has 2 aromatic rings. The van der Waals surface area contributed by atoms with E-state index in [1.165, 1.54) is 0 Å². The summed E-state index contributed by atoms with van der Waals surface area (Å²) in [6, 6.07) is 5.84. The third kappa shape index (κ3) is 11.3. The number of alkyl halides is 6. The zero-order valence-electron chi connectivity index (χ0n) is 15.0. The van der Waals surface area contributed by atoms with Gasteiger partial charge >= 0.3 is 11.0 Å². The second kappa shape index (κ2) is 11.0. The Morgan fingerprint density at radius 2 is 1.45 bits per heavy atom. The Balaban J connectivity index is 0.000000483. The Labute approximate surface area is 170 Å². The molecule has 2 rings (SSSR count). The summed E-state index contributed by atoms with van der Waals surface area (Å²) in [7, 11) is -10.3. The van der Waals surface area contributed by atoms with E-state index in [1.807, 2.05) is 43.8 Å². The zero-order valence-corrected chi connectivity index (χ0v) is 16.6. The first kappa shape index (κ1) is 28.2. The van der Waals surface area contributed by atoms with Gasteiger partial charge in [0.2, 0.25) is 0 Å². The summed E-state index contributed by atoms with van der Waals surface area (Å²) >= 11 is 0. The molecule has 0 aliphatic rings. The summed E-state index contributed by atoms with van der Waals surface area (Å²) in [5.41, 5.74) is -11.3. The molecule has 0 aliphatic carbocycles. The number of nitrogens with one attached hydrogen (secondary N) is 3. The van der Waals surface area contributed by atoms with E-state index in [9.17, 15) is 26.3 Å². The Bertz CT molecular complexity index is 982. The largest absolute Gasteiger partial charge is 0.741 e. The Morgan fingerprint density at radius 3 is 1.77 bits per heavy atom. The molecule has 19 heteroatoms. The lowest BCUT2D eigenvalue weighted by atomic mass is 10.5. The highest BCUT2D eigenvalue weighted by Gasteiger charge is 2.37. The maximum absolute atomic E-state index is 10.7. The van der Waals surface area contributed by atoms with Gasteiger partial charge in [-0.05, 0) is 6.07 Å². The minimum absolute atomic E-state index is 0.859. The SMILES string of the molecule is CN(/N=C/c1[nH]cc[nH+]1)c1cccc[nH+]1.O=S(=O)([O-])C(F)(F)F.O=S(=O)([O-])C(F)(F)F. The summed E-state index contributed by atoms with van der Waals surface area (Å²) in [6.07, 6.45) is 7.22. The first-order valence-corrected chi connectivity index (χ1v) is 10.0. The van der Waals surface area contributed by atoms with Crippen LogP contribution in [0.1, 0.15) is 5.82 Å². The number of aromatic nitrogens is 3. The van der Waals surface area contributed by atoms with Crippen molar-refractivity contribution in [1.29, 1.82) is 0 Å². The lowest BCUT2D eigenvalue weighted by molar-refractivity contribution is -0.377. The van der Waals surface area contributed by atoms with Gasteiger partial charge < -0.3 is 9.11 Å². The van der Waals surface area contributed by atoms with Gasteiger partial charge in [-0.15, -0.1) is 5.01 Å². The molecular weight excluding hydrogens is 488 g/mol. The van der Waals surface area contributed by atoms with Crippen molar-refractivity contribution in [2.24, 2.45) is 5.10 Å². The Hall–Kier alpha value is -2.77. The highest BCUT2D eigenvalue weighted by molar-refractivity contribution is 7.86. The topological polar surface area (TPSA) is 174 Å². The second-order valence-electron chi connectivity index (χ2n) is 4.85. The predicted octanol–water partition coefficient (Wildman–Crippen LogP) is 0.216. The number of anilines is 1.